The topological polar surface area (TPSA) is 32.3 Å². The Balaban J connectivity index is 2.13. The third kappa shape index (κ3) is 4.07. The monoisotopic (exact) mass is 288 g/mol. The number of nitrogens with zero attached hydrogens (tertiary/aromatic N) is 1. The lowest BCUT2D eigenvalue weighted by Crippen LogP contribution is -2.41. The number of carbonyl (C=O) groups is 1. The normalized spacial score (nSPS) is 18.0. The van der Waals surface area contributed by atoms with Crippen molar-refractivity contribution in [3.63, 3.8) is 0 Å². The minimum absolute atomic E-state index is 0.193. The molecule has 1 atom stereocenters. The molecule has 21 heavy (non-hydrogen) atoms. The van der Waals surface area contributed by atoms with Crippen LogP contribution in [0.1, 0.15) is 54.1 Å². The molecule has 1 amide bonds. The van der Waals surface area contributed by atoms with Crippen molar-refractivity contribution in [2.24, 2.45) is 0 Å². The van der Waals surface area contributed by atoms with E-state index in [4.69, 9.17) is 0 Å². The van der Waals surface area contributed by atoms with Gasteiger partial charge in [-0.2, -0.15) is 0 Å². The number of rotatable bonds is 6. The van der Waals surface area contributed by atoms with Crippen LogP contribution >= 0.6 is 0 Å². The van der Waals surface area contributed by atoms with Crippen molar-refractivity contribution < 1.29 is 4.79 Å². The molecule has 0 aromatic heterocycles. The van der Waals surface area contributed by atoms with Gasteiger partial charge < -0.3 is 10.2 Å². The van der Waals surface area contributed by atoms with Crippen LogP contribution in [0, 0.1) is 13.8 Å². The Labute approximate surface area is 128 Å². The van der Waals surface area contributed by atoms with E-state index in [1.54, 1.807) is 0 Å². The van der Waals surface area contributed by atoms with E-state index in [0.29, 0.717) is 6.04 Å². The van der Waals surface area contributed by atoms with Crippen molar-refractivity contribution in [3.05, 3.63) is 34.9 Å². The first-order valence-corrected chi connectivity index (χ1v) is 8.22. The van der Waals surface area contributed by atoms with Crippen molar-refractivity contribution in [1.82, 2.24) is 10.2 Å². The fourth-order valence-electron chi connectivity index (χ4n) is 2.96. The van der Waals surface area contributed by atoms with Crippen LogP contribution in [0.2, 0.25) is 0 Å². The van der Waals surface area contributed by atoms with Crippen LogP contribution < -0.4 is 5.32 Å². The molecule has 1 fully saturated rings. The lowest BCUT2D eigenvalue weighted by Gasteiger charge is -2.27. The molecule has 1 aromatic rings. The van der Waals surface area contributed by atoms with E-state index < -0.39 is 0 Å². The van der Waals surface area contributed by atoms with E-state index in [9.17, 15) is 4.79 Å². The molecule has 0 bridgehead atoms. The fourth-order valence-corrected chi connectivity index (χ4v) is 2.96. The molecule has 0 aliphatic carbocycles. The summed E-state index contributed by atoms with van der Waals surface area (Å²) in [4.78, 5) is 15.0. The molecule has 1 aromatic carbocycles. The quantitative estimate of drug-likeness (QED) is 0.871. The summed E-state index contributed by atoms with van der Waals surface area (Å²) in [6.45, 7) is 9.08. The number of aryl methyl sites for hydroxylation is 1. The Bertz CT molecular complexity index is 478. The molecule has 2 rings (SSSR count). The summed E-state index contributed by atoms with van der Waals surface area (Å²) in [5.74, 6) is 0.193. The highest BCUT2D eigenvalue weighted by molar-refractivity contribution is 5.96. The highest BCUT2D eigenvalue weighted by Crippen LogP contribution is 2.17. The van der Waals surface area contributed by atoms with Gasteiger partial charge >= 0.3 is 0 Å². The first-order valence-electron chi connectivity index (χ1n) is 8.22. The maximum absolute atomic E-state index is 12.9. The van der Waals surface area contributed by atoms with E-state index >= 15 is 0 Å². The van der Waals surface area contributed by atoms with Crippen LogP contribution in [-0.2, 0) is 0 Å². The van der Waals surface area contributed by atoms with Gasteiger partial charge in [-0.25, -0.2) is 0 Å². The smallest absolute Gasteiger partial charge is 0.254 e. The Morgan fingerprint density at radius 2 is 2.19 bits per heavy atom. The first-order chi connectivity index (χ1) is 10.1. The molecular weight excluding hydrogens is 260 g/mol. The zero-order valence-electron chi connectivity index (χ0n) is 13.6. The second-order valence-electron chi connectivity index (χ2n) is 6.15. The average Bonchev–Trinajstić information content (AvgIpc) is 2.98. The number of hydrogen-bond acceptors (Lipinski definition) is 2. The first kappa shape index (κ1) is 16.0. The van der Waals surface area contributed by atoms with Crippen LogP contribution in [0.15, 0.2) is 18.2 Å². The summed E-state index contributed by atoms with van der Waals surface area (Å²) in [5, 5.41) is 3.50. The second kappa shape index (κ2) is 7.60. The lowest BCUT2D eigenvalue weighted by atomic mass is 10.0. The Kier molecular flexibility index (Phi) is 5.80. The molecule has 1 heterocycles. The third-order valence-corrected chi connectivity index (χ3v) is 4.51. The Morgan fingerprint density at radius 1 is 1.38 bits per heavy atom. The van der Waals surface area contributed by atoms with E-state index in [2.05, 4.69) is 25.2 Å². The maximum Gasteiger partial charge on any atom is 0.254 e. The van der Waals surface area contributed by atoms with E-state index in [0.717, 1.165) is 43.6 Å². The van der Waals surface area contributed by atoms with Crippen LogP contribution in [0.3, 0.4) is 0 Å². The van der Waals surface area contributed by atoms with Crippen molar-refractivity contribution in [1.29, 1.82) is 0 Å². The predicted octanol–water partition coefficient (Wildman–Crippen LogP) is 3.30. The molecule has 1 aliphatic rings. The van der Waals surface area contributed by atoms with Crippen LogP contribution in [0.4, 0.5) is 0 Å². The number of carbonyl (C=O) groups excluding carboxylic acids is 1. The van der Waals surface area contributed by atoms with E-state index in [-0.39, 0.29) is 5.91 Å². The van der Waals surface area contributed by atoms with Crippen molar-refractivity contribution in [2.75, 3.05) is 19.6 Å². The van der Waals surface area contributed by atoms with Crippen LogP contribution in [0.25, 0.3) is 0 Å². The minimum atomic E-state index is 0.193. The van der Waals surface area contributed by atoms with Crippen molar-refractivity contribution >= 4 is 5.91 Å². The van der Waals surface area contributed by atoms with Gasteiger partial charge in [0, 0.05) is 24.7 Å². The van der Waals surface area contributed by atoms with Gasteiger partial charge in [0.15, 0.2) is 0 Å². The van der Waals surface area contributed by atoms with Gasteiger partial charge in [-0.1, -0.05) is 25.5 Å². The summed E-state index contributed by atoms with van der Waals surface area (Å²) >= 11 is 0. The molecule has 116 valence electrons. The lowest BCUT2D eigenvalue weighted by molar-refractivity contribution is 0.0738. The van der Waals surface area contributed by atoms with Crippen molar-refractivity contribution in [3.8, 4) is 0 Å². The van der Waals surface area contributed by atoms with Gasteiger partial charge in [-0.3, -0.25) is 4.79 Å². The summed E-state index contributed by atoms with van der Waals surface area (Å²) in [6, 6.07) is 6.49. The van der Waals surface area contributed by atoms with Crippen molar-refractivity contribution in [2.45, 2.75) is 52.5 Å². The molecule has 1 saturated heterocycles. The highest BCUT2D eigenvalue weighted by atomic mass is 16.2. The van der Waals surface area contributed by atoms with Gasteiger partial charge in [0.1, 0.15) is 0 Å². The largest absolute Gasteiger partial charge is 0.337 e. The zero-order chi connectivity index (χ0) is 15.2. The molecule has 0 radical (unpaired) electrons. The average molecular weight is 288 g/mol. The zero-order valence-corrected chi connectivity index (χ0v) is 13.6. The van der Waals surface area contributed by atoms with Gasteiger partial charge in [0.2, 0.25) is 0 Å². The fraction of sp³-hybridized carbons (Fsp3) is 0.611. The molecule has 0 spiro atoms. The number of amides is 1. The number of unbranched alkanes of at least 4 members (excludes halogenated alkanes) is 1. The second-order valence-corrected chi connectivity index (χ2v) is 6.15. The summed E-state index contributed by atoms with van der Waals surface area (Å²) in [7, 11) is 0. The molecule has 3 nitrogen and oxygen atoms in total. The molecule has 0 saturated carbocycles. The van der Waals surface area contributed by atoms with Gasteiger partial charge in [-0.15, -0.1) is 0 Å². The third-order valence-electron chi connectivity index (χ3n) is 4.51. The van der Waals surface area contributed by atoms with Crippen LogP contribution in [0.5, 0.6) is 0 Å². The SMILES string of the molecule is CCCCN(CC1CCCN1)C(=O)c1cccc(C)c1C. The van der Waals surface area contributed by atoms with Gasteiger partial charge in [-0.05, 0) is 56.8 Å². The summed E-state index contributed by atoms with van der Waals surface area (Å²) < 4.78 is 0. The standard InChI is InChI=1S/C18H28N2O/c1-4-5-12-20(13-16-9-7-11-19-16)18(21)17-10-6-8-14(2)15(17)3/h6,8,10,16,19H,4-5,7,9,11-13H2,1-3H3. The Hall–Kier alpha value is -1.35. The predicted molar refractivity (Wildman–Crippen MR) is 87.8 cm³/mol. The molecule has 1 aliphatic heterocycles. The summed E-state index contributed by atoms with van der Waals surface area (Å²) in [5.41, 5.74) is 3.17. The number of benzene rings is 1. The van der Waals surface area contributed by atoms with E-state index in [1.165, 1.54) is 18.4 Å². The minimum Gasteiger partial charge on any atom is -0.337 e. The molecular formula is C18H28N2O. The van der Waals surface area contributed by atoms with Gasteiger partial charge in [0.05, 0.1) is 0 Å². The number of hydrogen-bond donors (Lipinski definition) is 1. The Morgan fingerprint density at radius 3 is 2.86 bits per heavy atom. The molecule has 1 unspecified atom stereocenters. The molecule has 1 N–H and O–H groups in total. The number of nitrogens with one attached hydrogen (secondary N) is 1. The summed E-state index contributed by atoms with van der Waals surface area (Å²) in [6.07, 6.45) is 4.60. The van der Waals surface area contributed by atoms with Gasteiger partial charge in [0.25, 0.3) is 5.91 Å². The van der Waals surface area contributed by atoms with Crippen LogP contribution in [-0.4, -0.2) is 36.5 Å². The highest BCUT2D eigenvalue weighted by Gasteiger charge is 2.23. The maximum atomic E-state index is 12.9. The van der Waals surface area contributed by atoms with E-state index in [1.807, 2.05) is 24.0 Å². The molecule has 3 heteroatoms.